The Kier molecular flexibility index (Phi) is 274. The molecular weight excluding hydrogens is 750 g/mol. The van der Waals surface area contributed by atoms with Gasteiger partial charge in [0.2, 0.25) is 0 Å². The van der Waals surface area contributed by atoms with E-state index in [1.807, 2.05) is 0 Å². The van der Waals surface area contributed by atoms with Gasteiger partial charge in [0.1, 0.15) is 0 Å². The minimum Gasteiger partial charge on any atom is 0 e. The molecule has 7 heteroatoms. The molecule has 0 fully saturated rings. The molecule has 0 atom stereocenters. The van der Waals surface area contributed by atoms with Crippen molar-refractivity contribution in [3.63, 3.8) is 0 Å². The summed E-state index contributed by atoms with van der Waals surface area (Å²) in [5.74, 6) is 0. The SMILES string of the molecule is [BaH2].[CaH2].[Cu+2].[Hg].[O-2].[SrH2].[Tl]. The van der Waals surface area contributed by atoms with Crippen molar-refractivity contribution in [1.29, 1.82) is 0 Å². The maximum Gasteiger partial charge on any atom is 0 e. The van der Waals surface area contributed by atoms with Crippen molar-refractivity contribution in [2.45, 2.75) is 0 Å². The summed E-state index contributed by atoms with van der Waals surface area (Å²) in [5, 5.41) is 0. The van der Waals surface area contributed by atoms with E-state index >= 15 is 0 Å². The fourth-order valence-electron chi connectivity index (χ4n) is 0. The van der Waals surface area contributed by atoms with E-state index in [2.05, 4.69) is 0 Å². The summed E-state index contributed by atoms with van der Waals surface area (Å²) in [5.41, 5.74) is 0. The third-order valence-corrected chi connectivity index (χ3v) is 0. The largest absolute Gasteiger partial charge is 0 e. The van der Waals surface area contributed by atoms with Crippen molar-refractivity contribution in [2.75, 3.05) is 0 Å². The van der Waals surface area contributed by atoms with Gasteiger partial charge in [-0.25, -0.2) is 0 Å². The normalized spacial score (nSPS) is 0. The molecule has 0 amide bonds. The molecule has 0 aliphatic rings. The molecule has 0 saturated heterocycles. The Balaban J connectivity index is 0. The van der Waals surface area contributed by atoms with Crippen LogP contribution in [0.4, 0.5) is 0 Å². The summed E-state index contributed by atoms with van der Waals surface area (Å²) in [6.07, 6.45) is 0. The topological polar surface area (TPSA) is 28.5 Å². The third-order valence-electron chi connectivity index (χ3n) is 0. The van der Waals surface area contributed by atoms with Gasteiger partial charge in [-0.2, -0.15) is 0 Å². The molecule has 0 aromatic heterocycles. The van der Waals surface area contributed by atoms with Crippen LogP contribution >= 0.6 is 0 Å². The van der Waals surface area contributed by atoms with E-state index in [0.717, 1.165) is 0 Å². The zero-order valence-corrected chi connectivity index (χ0v) is 12.9. The summed E-state index contributed by atoms with van der Waals surface area (Å²) < 4.78 is 0. The first-order chi connectivity index (χ1) is 0. The molecule has 0 saturated carbocycles. The van der Waals surface area contributed by atoms with E-state index in [4.69, 9.17) is 0 Å². The fraction of sp³-hybridized carbons (Fsp3) is 0. The molecule has 34 valence electrons. The van der Waals surface area contributed by atoms with Crippen molar-refractivity contribution in [1.82, 2.24) is 0 Å². The van der Waals surface area contributed by atoms with Crippen LogP contribution in [0.5, 0.6) is 0 Å². The van der Waals surface area contributed by atoms with Gasteiger partial charge in [0.15, 0.2) is 0 Å². The van der Waals surface area contributed by atoms with E-state index in [0.29, 0.717) is 0 Å². The summed E-state index contributed by atoms with van der Waals surface area (Å²) >= 11 is 0. The van der Waals surface area contributed by atoms with Gasteiger partial charge in [-0.05, 0) is 0 Å². The Bertz CT molecular complexity index is 19.7. The average Bonchev–Trinajstić information content (AvgIpc) is 0. The van der Waals surface area contributed by atoms with Crippen LogP contribution in [0.2, 0.25) is 0 Å². The Hall–Kier alpha value is 6.65. The van der Waals surface area contributed by atoms with Crippen LogP contribution in [-0.2, 0) is 50.2 Å². The molecule has 0 aromatic rings. The standard InChI is InChI=1S/Ba.Ca.Cu.Hg.O.Sr.Tl.6H/q;;+2;;-2;;;;;;;;. The number of hydrogen-bond donors (Lipinski definition) is 0. The van der Waals surface area contributed by atoms with Gasteiger partial charge in [0.05, 0.1) is 0 Å². The Labute approximate surface area is 202 Å². The van der Waals surface area contributed by atoms with Crippen LogP contribution < -0.4 is 0 Å². The quantitative estimate of drug-likeness (QED) is 0.233. The zero-order chi connectivity index (χ0) is 0. The van der Waals surface area contributed by atoms with Crippen molar-refractivity contribution < 1.29 is 50.2 Å². The molecular formula is H6BaCaCuHgOSrTl. The second kappa shape index (κ2) is 38.8. The molecule has 0 heterocycles. The molecule has 0 spiro atoms. The van der Waals surface area contributed by atoms with Gasteiger partial charge in [0.25, 0.3) is 0 Å². The van der Waals surface area contributed by atoms with E-state index in [1.165, 1.54) is 0 Å². The maximum absolute atomic E-state index is 0. The monoisotopic (exact) mass is 758 g/mol. The Morgan fingerprint density at radius 1 is 1.00 bits per heavy atom. The summed E-state index contributed by atoms with van der Waals surface area (Å²) in [7, 11) is 0. The Morgan fingerprint density at radius 2 is 1.00 bits per heavy atom. The average molecular weight is 756 g/mol. The molecule has 0 rings (SSSR count). The van der Waals surface area contributed by atoms with Gasteiger partial charge < -0.3 is 5.48 Å². The number of hydrogen-bond acceptors (Lipinski definition) is 0. The van der Waals surface area contributed by atoms with E-state index in [1.54, 1.807) is 0 Å². The molecule has 7 heavy (non-hydrogen) atoms. The molecule has 1 nitrogen and oxygen atoms in total. The zero-order valence-electron chi connectivity index (χ0n) is 1.99. The van der Waals surface area contributed by atoms with Crippen molar-refractivity contribution in [3.05, 3.63) is 0 Å². The van der Waals surface area contributed by atoms with E-state index < -0.39 is 0 Å². The minimum absolute atomic E-state index is 0. The predicted molar refractivity (Wildman–Crippen MR) is 32.1 cm³/mol. The van der Waals surface area contributed by atoms with Crippen LogP contribution in [0.25, 0.3) is 0 Å². The molecule has 0 bridgehead atoms. The molecule has 0 N–H and O–H groups in total. The molecule has 2 radical (unpaired) electrons. The second-order valence-electron chi connectivity index (χ2n) is 0. The minimum atomic E-state index is 0. The van der Waals surface area contributed by atoms with Crippen LogP contribution in [0.3, 0.4) is 0 Å². The number of rotatable bonds is 0. The van der Waals surface area contributed by atoms with Crippen molar-refractivity contribution in [2.24, 2.45) is 0 Å². The first-order valence-corrected chi connectivity index (χ1v) is 0. The van der Waals surface area contributed by atoms with Crippen molar-refractivity contribution >= 4 is 159 Å². The molecule has 0 aromatic carbocycles. The molecule has 0 aliphatic carbocycles. The van der Waals surface area contributed by atoms with Gasteiger partial charge in [0, 0.05) is 55.0 Å². The summed E-state index contributed by atoms with van der Waals surface area (Å²) in [6, 6.07) is 0. The molecule has 0 unspecified atom stereocenters. The summed E-state index contributed by atoms with van der Waals surface area (Å²) in [4.78, 5) is 0. The first kappa shape index (κ1) is 49.4. The Morgan fingerprint density at radius 3 is 1.00 bits per heavy atom. The third kappa shape index (κ3) is 32.4. The van der Waals surface area contributed by atoms with Crippen LogP contribution in [0, 0.1) is 0 Å². The second-order valence-corrected chi connectivity index (χ2v) is 0. The smallest absolute Gasteiger partial charge is 0 e. The van der Waals surface area contributed by atoms with Gasteiger partial charge in [-0.15, -0.1) is 0 Å². The van der Waals surface area contributed by atoms with Crippen LogP contribution in [0.1, 0.15) is 0 Å². The summed E-state index contributed by atoms with van der Waals surface area (Å²) in [6.45, 7) is 0. The van der Waals surface area contributed by atoms with Crippen LogP contribution in [-0.4, -0.2) is 159 Å². The maximum atomic E-state index is 0. The van der Waals surface area contributed by atoms with Gasteiger partial charge in [-0.1, -0.05) is 0 Å². The first-order valence-electron chi connectivity index (χ1n) is 0. The van der Waals surface area contributed by atoms with E-state index in [9.17, 15) is 0 Å². The predicted octanol–water partition coefficient (Wildman–Crippen LogP) is -3.25. The van der Waals surface area contributed by atoms with E-state index in [-0.39, 0.29) is 210 Å². The van der Waals surface area contributed by atoms with Gasteiger partial charge >= 0.3 is 149 Å². The molecule has 0 aliphatic heterocycles. The van der Waals surface area contributed by atoms with Crippen molar-refractivity contribution in [3.8, 4) is 0 Å². The fourth-order valence-corrected chi connectivity index (χ4v) is 0. The van der Waals surface area contributed by atoms with Gasteiger partial charge in [-0.3, -0.25) is 0 Å². The van der Waals surface area contributed by atoms with Crippen LogP contribution in [0.15, 0.2) is 0 Å².